The second-order valence-electron chi connectivity index (χ2n) is 10.8. The van der Waals surface area contributed by atoms with Gasteiger partial charge in [0.1, 0.15) is 5.82 Å². The molecule has 1 aliphatic carbocycles. The van der Waals surface area contributed by atoms with E-state index in [-0.39, 0.29) is 5.82 Å². The van der Waals surface area contributed by atoms with E-state index in [2.05, 4.69) is 21.6 Å². The molecule has 1 saturated heterocycles. The van der Waals surface area contributed by atoms with Gasteiger partial charge in [0.2, 0.25) is 0 Å². The van der Waals surface area contributed by atoms with Crippen molar-refractivity contribution in [2.45, 2.75) is 44.6 Å². The maximum Gasteiger partial charge on any atom is 0.335 e. The number of hydrogen-bond acceptors (Lipinski definition) is 3. The monoisotopic (exact) mass is 526 g/mol. The van der Waals surface area contributed by atoms with Crippen molar-refractivity contribution in [3.8, 4) is 22.4 Å². The van der Waals surface area contributed by atoms with Crippen LogP contribution in [0.3, 0.4) is 0 Å². The largest absolute Gasteiger partial charge is 0.478 e. The van der Waals surface area contributed by atoms with E-state index in [9.17, 15) is 14.3 Å². The third-order valence-electron chi connectivity index (χ3n) is 8.45. The minimum Gasteiger partial charge on any atom is -0.478 e. The SMILES string of the molecule is O=C(O)c1ccc2c(C3CCCCC3)c(-c3ccc(-c4ccccc4F)cc3)n(CCN3CCOCC3)c2c1. The molecule has 2 fully saturated rings. The summed E-state index contributed by atoms with van der Waals surface area (Å²) in [7, 11) is 0. The summed E-state index contributed by atoms with van der Waals surface area (Å²) in [5.74, 6) is -0.704. The average Bonchev–Trinajstić information content (AvgIpc) is 3.31. The van der Waals surface area contributed by atoms with Crippen LogP contribution in [0, 0.1) is 5.82 Å². The summed E-state index contributed by atoms with van der Waals surface area (Å²) in [5.41, 5.74) is 6.33. The molecule has 0 unspecified atom stereocenters. The maximum absolute atomic E-state index is 14.5. The van der Waals surface area contributed by atoms with Crippen molar-refractivity contribution in [2.75, 3.05) is 32.8 Å². The Balaban J connectivity index is 1.50. The van der Waals surface area contributed by atoms with Crippen molar-refractivity contribution in [3.63, 3.8) is 0 Å². The van der Waals surface area contributed by atoms with Crippen LogP contribution in [-0.4, -0.2) is 53.4 Å². The third kappa shape index (κ3) is 5.23. The Kier molecular flexibility index (Phi) is 7.49. The molecular formula is C33H35FN2O3. The molecule has 6 heteroatoms. The van der Waals surface area contributed by atoms with Gasteiger partial charge in [-0.15, -0.1) is 0 Å². The molecule has 2 heterocycles. The van der Waals surface area contributed by atoms with Crippen molar-refractivity contribution in [2.24, 2.45) is 0 Å². The molecule has 1 aliphatic heterocycles. The minimum atomic E-state index is -0.909. The van der Waals surface area contributed by atoms with Gasteiger partial charge in [0, 0.05) is 42.6 Å². The molecule has 0 radical (unpaired) electrons. The van der Waals surface area contributed by atoms with Gasteiger partial charge in [-0.2, -0.15) is 0 Å². The number of ether oxygens (including phenoxy) is 1. The fraction of sp³-hybridized carbons (Fsp3) is 0.364. The summed E-state index contributed by atoms with van der Waals surface area (Å²) in [6, 6.07) is 20.7. The molecule has 5 nitrogen and oxygen atoms in total. The number of rotatable bonds is 7. The van der Waals surface area contributed by atoms with Crippen LogP contribution in [-0.2, 0) is 11.3 Å². The van der Waals surface area contributed by atoms with Crippen molar-refractivity contribution in [3.05, 3.63) is 83.7 Å². The summed E-state index contributed by atoms with van der Waals surface area (Å²) >= 11 is 0. The van der Waals surface area contributed by atoms with E-state index in [1.165, 1.54) is 36.6 Å². The Morgan fingerprint density at radius 2 is 1.62 bits per heavy atom. The minimum absolute atomic E-state index is 0.228. The molecule has 2 aliphatic rings. The lowest BCUT2D eigenvalue weighted by Gasteiger charge is -2.27. The second-order valence-corrected chi connectivity index (χ2v) is 10.8. The van der Waals surface area contributed by atoms with Gasteiger partial charge in [-0.25, -0.2) is 9.18 Å². The molecule has 0 bridgehead atoms. The average molecular weight is 527 g/mol. The highest BCUT2D eigenvalue weighted by Gasteiger charge is 2.27. The number of morpholine rings is 1. The van der Waals surface area contributed by atoms with Crippen LogP contribution in [0.4, 0.5) is 4.39 Å². The Labute approximate surface area is 228 Å². The number of aromatic carboxylic acids is 1. The van der Waals surface area contributed by atoms with E-state index in [0.717, 1.165) is 74.3 Å². The van der Waals surface area contributed by atoms with E-state index in [1.807, 2.05) is 36.4 Å². The first kappa shape index (κ1) is 25.8. The van der Waals surface area contributed by atoms with E-state index in [0.29, 0.717) is 17.0 Å². The van der Waals surface area contributed by atoms with Crippen LogP contribution >= 0.6 is 0 Å². The zero-order chi connectivity index (χ0) is 26.8. The van der Waals surface area contributed by atoms with E-state index < -0.39 is 5.97 Å². The van der Waals surface area contributed by atoms with Crippen LogP contribution in [0.25, 0.3) is 33.3 Å². The zero-order valence-corrected chi connectivity index (χ0v) is 22.2. The molecule has 0 amide bonds. The molecule has 39 heavy (non-hydrogen) atoms. The lowest BCUT2D eigenvalue weighted by atomic mass is 9.81. The van der Waals surface area contributed by atoms with Gasteiger partial charge >= 0.3 is 5.97 Å². The zero-order valence-electron chi connectivity index (χ0n) is 22.2. The van der Waals surface area contributed by atoms with E-state index >= 15 is 0 Å². The number of benzene rings is 3. The number of fused-ring (bicyclic) bond motifs is 1. The summed E-state index contributed by atoms with van der Waals surface area (Å²) in [4.78, 5) is 14.4. The number of nitrogens with zero attached hydrogens (tertiary/aromatic N) is 2. The Morgan fingerprint density at radius 3 is 2.33 bits per heavy atom. The van der Waals surface area contributed by atoms with Gasteiger partial charge in [0.05, 0.1) is 24.5 Å². The maximum atomic E-state index is 14.5. The molecular weight excluding hydrogens is 491 g/mol. The molecule has 202 valence electrons. The second kappa shape index (κ2) is 11.3. The van der Waals surface area contributed by atoms with Crippen LogP contribution in [0.2, 0.25) is 0 Å². The van der Waals surface area contributed by atoms with Gasteiger partial charge in [-0.1, -0.05) is 67.8 Å². The van der Waals surface area contributed by atoms with Gasteiger partial charge in [-0.3, -0.25) is 4.90 Å². The number of carboxylic acids is 1. The Hall–Kier alpha value is -3.48. The number of carboxylic acid groups (broad SMARTS) is 1. The lowest BCUT2D eigenvalue weighted by molar-refractivity contribution is 0.0366. The number of halogens is 1. The first-order valence-corrected chi connectivity index (χ1v) is 14.1. The lowest BCUT2D eigenvalue weighted by Crippen LogP contribution is -2.38. The van der Waals surface area contributed by atoms with E-state index in [4.69, 9.17) is 4.74 Å². The Bertz CT molecular complexity index is 1460. The van der Waals surface area contributed by atoms with Crippen molar-refractivity contribution in [1.82, 2.24) is 9.47 Å². The summed E-state index contributed by atoms with van der Waals surface area (Å²) in [6.45, 7) is 4.93. The summed E-state index contributed by atoms with van der Waals surface area (Å²) in [5, 5.41) is 11.0. The van der Waals surface area contributed by atoms with Crippen LogP contribution in [0.15, 0.2) is 66.7 Å². The van der Waals surface area contributed by atoms with E-state index in [1.54, 1.807) is 12.1 Å². The van der Waals surface area contributed by atoms with Crippen molar-refractivity contribution in [1.29, 1.82) is 0 Å². The number of hydrogen-bond donors (Lipinski definition) is 1. The molecule has 3 aromatic carbocycles. The summed E-state index contributed by atoms with van der Waals surface area (Å²) in [6.07, 6.45) is 5.98. The third-order valence-corrected chi connectivity index (χ3v) is 8.45. The predicted octanol–water partition coefficient (Wildman–Crippen LogP) is 7.19. The van der Waals surface area contributed by atoms with Crippen molar-refractivity contribution < 1.29 is 19.0 Å². The van der Waals surface area contributed by atoms with Gasteiger partial charge < -0.3 is 14.4 Å². The quantitative estimate of drug-likeness (QED) is 0.277. The molecule has 1 N–H and O–H groups in total. The van der Waals surface area contributed by atoms with Crippen molar-refractivity contribution >= 4 is 16.9 Å². The summed E-state index contributed by atoms with van der Waals surface area (Å²) < 4.78 is 22.4. The highest BCUT2D eigenvalue weighted by Crippen LogP contribution is 2.44. The highest BCUT2D eigenvalue weighted by molar-refractivity contribution is 5.98. The van der Waals surface area contributed by atoms with Gasteiger partial charge in [0.15, 0.2) is 0 Å². The predicted molar refractivity (Wildman–Crippen MR) is 153 cm³/mol. The van der Waals surface area contributed by atoms with Crippen LogP contribution in [0.1, 0.15) is 53.9 Å². The fourth-order valence-corrected chi connectivity index (χ4v) is 6.43. The van der Waals surface area contributed by atoms with Crippen LogP contribution in [0.5, 0.6) is 0 Å². The topological polar surface area (TPSA) is 54.7 Å². The van der Waals surface area contributed by atoms with Crippen LogP contribution < -0.4 is 0 Å². The standard InChI is InChI=1S/C33H35FN2O3/c34-29-9-5-4-8-27(29)23-10-12-25(13-11-23)32-31(24-6-2-1-3-7-24)28-15-14-26(33(37)38)22-30(28)36(32)17-16-35-18-20-39-21-19-35/h4-5,8-15,22,24H,1-3,6-7,16-21H2,(H,37,38). The normalized spacial score (nSPS) is 17.1. The number of aromatic nitrogens is 1. The number of carbonyl (C=O) groups is 1. The van der Waals surface area contributed by atoms with Gasteiger partial charge in [0.25, 0.3) is 0 Å². The molecule has 6 rings (SSSR count). The van der Waals surface area contributed by atoms with Gasteiger partial charge in [-0.05, 0) is 53.6 Å². The smallest absolute Gasteiger partial charge is 0.335 e. The Morgan fingerprint density at radius 1 is 0.897 bits per heavy atom. The molecule has 4 aromatic rings. The first-order chi connectivity index (χ1) is 19.1. The first-order valence-electron chi connectivity index (χ1n) is 14.1. The molecule has 0 spiro atoms. The fourth-order valence-electron chi connectivity index (χ4n) is 6.43. The molecule has 0 atom stereocenters. The highest BCUT2D eigenvalue weighted by atomic mass is 19.1. The molecule has 1 saturated carbocycles. The molecule has 1 aromatic heterocycles.